The topological polar surface area (TPSA) is 48.4 Å². The van der Waals surface area contributed by atoms with Crippen LogP contribution in [0.1, 0.15) is 9.70 Å². The molecule has 1 heterocycles. The van der Waals surface area contributed by atoms with Gasteiger partial charge in [0.15, 0.2) is 0 Å². The van der Waals surface area contributed by atoms with E-state index in [2.05, 4.69) is 20.9 Å². The fourth-order valence-corrected chi connectivity index (χ4v) is 3.37. The minimum Gasteiger partial charge on any atom is -0.496 e. The number of carbonyl (C=O) groups is 1. The van der Waals surface area contributed by atoms with Crippen LogP contribution in [0.5, 0.6) is 5.75 Å². The lowest BCUT2D eigenvalue weighted by atomic mass is 10.1. The van der Waals surface area contributed by atoms with Gasteiger partial charge >= 0.3 is 0 Å². The normalized spacial score (nSPS) is 11.9. The standard InChI is InChI=1S/C13H11BrClNO3S/c1-18-11-3-2-8(15)4-9(11)12-13(20-6-16-12)10(14)5-19-7-17/h2-4,6-7,10H,5H2,1H3. The molecule has 0 saturated heterocycles. The van der Waals surface area contributed by atoms with E-state index in [-0.39, 0.29) is 11.4 Å². The lowest BCUT2D eigenvalue weighted by Gasteiger charge is -2.11. The van der Waals surface area contributed by atoms with Crippen molar-refractivity contribution in [3.63, 3.8) is 0 Å². The Hall–Kier alpha value is -1.11. The number of thiazole rings is 1. The minimum absolute atomic E-state index is 0.126. The van der Waals surface area contributed by atoms with Gasteiger partial charge in [-0.25, -0.2) is 4.98 Å². The molecular weight excluding hydrogens is 366 g/mol. The average molecular weight is 377 g/mol. The van der Waals surface area contributed by atoms with Crippen LogP contribution < -0.4 is 4.74 Å². The van der Waals surface area contributed by atoms with Crippen LogP contribution in [0.25, 0.3) is 11.3 Å². The maximum Gasteiger partial charge on any atom is 0.293 e. The van der Waals surface area contributed by atoms with Crippen LogP contribution in [0.3, 0.4) is 0 Å². The Morgan fingerprint density at radius 1 is 1.55 bits per heavy atom. The zero-order valence-corrected chi connectivity index (χ0v) is 13.7. The Kier molecular flexibility index (Phi) is 5.39. The largest absolute Gasteiger partial charge is 0.496 e. The van der Waals surface area contributed by atoms with Gasteiger partial charge in [0.25, 0.3) is 6.47 Å². The van der Waals surface area contributed by atoms with Crippen molar-refractivity contribution in [2.75, 3.05) is 13.7 Å². The average Bonchev–Trinajstić information content (AvgIpc) is 2.94. The third kappa shape index (κ3) is 3.31. The first-order valence-corrected chi connectivity index (χ1v) is 7.81. The summed E-state index contributed by atoms with van der Waals surface area (Å²) in [6.45, 7) is 0.663. The van der Waals surface area contributed by atoms with Crippen LogP contribution in [0.15, 0.2) is 23.7 Å². The molecule has 0 N–H and O–H groups in total. The fraction of sp³-hybridized carbons (Fsp3) is 0.231. The first-order valence-electron chi connectivity index (χ1n) is 5.64. The van der Waals surface area contributed by atoms with Gasteiger partial charge < -0.3 is 9.47 Å². The highest BCUT2D eigenvalue weighted by molar-refractivity contribution is 9.09. The predicted octanol–water partition coefficient (Wildman–Crippen LogP) is 4.08. The minimum atomic E-state index is -0.126. The number of nitrogens with zero attached hydrogens (tertiary/aromatic N) is 1. The molecule has 0 amide bonds. The maximum absolute atomic E-state index is 10.3. The van der Waals surface area contributed by atoms with E-state index in [1.807, 2.05) is 0 Å². The van der Waals surface area contributed by atoms with Gasteiger partial charge in [0.1, 0.15) is 12.4 Å². The molecule has 0 aliphatic heterocycles. The Labute approximate surface area is 133 Å². The molecule has 1 unspecified atom stereocenters. The van der Waals surface area contributed by atoms with Crippen LogP contribution in [-0.2, 0) is 9.53 Å². The van der Waals surface area contributed by atoms with Gasteiger partial charge in [0, 0.05) is 15.5 Å². The number of methoxy groups -OCH3 is 1. The van der Waals surface area contributed by atoms with Crippen molar-refractivity contribution in [3.05, 3.63) is 33.6 Å². The lowest BCUT2D eigenvalue weighted by molar-refractivity contribution is -0.128. The van der Waals surface area contributed by atoms with Crippen molar-refractivity contribution < 1.29 is 14.3 Å². The van der Waals surface area contributed by atoms with E-state index in [1.165, 1.54) is 11.3 Å². The van der Waals surface area contributed by atoms with Gasteiger partial charge in [-0.3, -0.25) is 4.79 Å². The van der Waals surface area contributed by atoms with Crippen molar-refractivity contribution in [1.82, 2.24) is 4.98 Å². The number of hydrogen-bond donors (Lipinski definition) is 0. The first-order chi connectivity index (χ1) is 9.67. The molecule has 0 saturated carbocycles. The molecule has 0 aliphatic rings. The molecule has 2 aromatic rings. The van der Waals surface area contributed by atoms with E-state index >= 15 is 0 Å². The Morgan fingerprint density at radius 3 is 3.05 bits per heavy atom. The first kappa shape index (κ1) is 15.3. The molecule has 0 radical (unpaired) electrons. The molecule has 0 bridgehead atoms. The number of hydrogen-bond acceptors (Lipinski definition) is 5. The second kappa shape index (κ2) is 7.06. The number of ether oxygens (including phenoxy) is 2. The van der Waals surface area contributed by atoms with Gasteiger partial charge in [-0.1, -0.05) is 27.5 Å². The van der Waals surface area contributed by atoms with E-state index in [9.17, 15) is 4.79 Å². The van der Waals surface area contributed by atoms with Crippen molar-refractivity contribution in [1.29, 1.82) is 0 Å². The summed E-state index contributed by atoms with van der Waals surface area (Å²) in [6.07, 6.45) is 0. The highest BCUT2D eigenvalue weighted by Crippen LogP contribution is 2.40. The van der Waals surface area contributed by atoms with E-state index in [1.54, 1.807) is 30.8 Å². The van der Waals surface area contributed by atoms with Gasteiger partial charge in [-0.05, 0) is 18.2 Å². The monoisotopic (exact) mass is 375 g/mol. The predicted molar refractivity (Wildman–Crippen MR) is 82.8 cm³/mol. The van der Waals surface area contributed by atoms with Gasteiger partial charge in [0.2, 0.25) is 0 Å². The molecule has 0 fully saturated rings. The molecule has 1 aromatic heterocycles. The van der Waals surface area contributed by atoms with E-state index < -0.39 is 0 Å². The molecule has 20 heavy (non-hydrogen) atoms. The smallest absolute Gasteiger partial charge is 0.293 e. The maximum atomic E-state index is 10.3. The number of alkyl halides is 1. The lowest BCUT2D eigenvalue weighted by Crippen LogP contribution is -2.00. The van der Waals surface area contributed by atoms with Crippen molar-refractivity contribution in [2.24, 2.45) is 0 Å². The van der Waals surface area contributed by atoms with Crippen LogP contribution >= 0.6 is 38.9 Å². The summed E-state index contributed by atoms with van der Waals surface area (Å²) in [4.78, 5) is 15.5. The Morgan fingerprint density at radius 2 is 2.35 bits per heavy atom. The summed E-state index contributed by atoms with van der Waals surface area (Å²) in [5, 5.41) is 0.606. The number of rotatable bonds is 6. The second-order valence-electron chi connectivity index (χ2n) is 3.81. The molecule has 2 rings (SSSR count). The molecule has 7 heteroatoms. The van der Waals surface area contributed by atoms with Crippen LogP contribution in [0.4, 0.5) is 0 Å². The summed E-state index contributed by atoms with van der Waals surface area (Å²) < 4.78 is 10.1. The number of aromatic nitrogens is 1. The summed E-state index contributed by atoms with van der Waals surface area (Å²) >= 11 is 11.0. The molecular formula is C13H11BrClNO3S. The van der Waals surface area contributed by atoms with Gasteiger partial charge in [-0.15, -0.1) is 11.3 Å². The number of benzene rings is 1. The van der Waals surface area contributed by atoms with Crippen molar-refractivity contribution in [3.8, 4) is 17.0 Å². The highest BCUT2D eigenvalue weighted by atomic mass is 79.9. The third-order valence-corrected chi connectivity index (χ3v) is 4.81. The van der Waals surface area contributed by atoms with Crippen LogP contribution in [0, 0.1) is 0 Å². The van der Waals surface area contributed by atoms with Gasteiger partial charge in [-0.2, -0.15) is 0 Å². The van der Waals surface area contributed by atoms with Crippen molar-refractivity contribution in [2.45, 2.75) is 4.83 Å². The second-order valence-corrected chi connectivity index (χ2v) is 6.24. The molecule has 106 valence electrons. The summed E-state index contributed by atoms with van der Waals surface area (Å²) in [5.74, 6) is 0.692. The fourth-order valence-electron chi connectivity index (χ4n) is 1.74. The molecule has 4 nitrogen and oxygen atoms in total. The van der Waals surface area contributed by atoms with Crippen LogP contribution in [-0.4, -0.2) is 25.2 Å². The molecule has 1 aromatic carbocycles. The summed E-state index contributed by atoms with van der Waals surface area (Å²) in [6, 6.07) is 5.36. The van der Waals surface area contributed by atoms with Crippen molar-refractivity contribution >= 4 is 45.3 Å². The number of carbonyl (C=O) groups excluding carboxylic acids is 1. The Bertz CT molecular complexity index is 605. The van der Waals surface area contributed by atoms with E-state index in [0.717, 1.165) is 16.1 Å². The van der Waals surface area contributed by atoms with E-state index in [4.69, 9.17) is 21.1 Å². The van der Waals surface area contributed by atoms with E-state index in [0.29, 0.717) is 17.2 Å². The zero-order chi connectivity index (χ0) is 14.5. The quantitative estimate of drug-likeness (QED) is 0.563. The summed E-state index contributed by atoms with van der Waals surface area (Å²) in [7, 11) is 1.60. The summed E-state index contributed by atoms with van der Waals surface area (Å²) in [5.41, 5.74) is 3.32. The third-order valence-electron chi connectivity index (χ3n) is 2.61. The van der Waals surface area contributed by atoms with Crippen LogP contribution in [0.2, 0.25) is 5.02 Å². The number of halogens is 2. The van der Waals surface area contributed by atoms with Gasteiger partial charge in [0.05, 0.1) is 23.1 Å². The molecule has 0 spiro atoms. The Balaban J connectivity index is 2.41. The highest BCUT2D eigenvalue weighted by Gasteiger charge is 2.20. The zero-order valence-electron chi connectivity index (χ0n) is 10.5. The molecule has 1 atom stereocenters. The molecule has 0 aliphatic carbocycles. The SMILES string of the molecule is COc1ccc(Cl)cc1-c1ncsc1C(Br)COC=O.